The van der Waals surface area contributed by atoms with E-state index < -0.39 is 23.0 Å². The maximum atomic E-state index is 13.3. The molecule has 1 aromatic heterocycles. The second kappa shape index (κ2) is 8.06. The van der Waals surface area contributed by atoms with E-state index in [0.29, 0.717) is 24.3 Å². The van der Waals surface area contributed by atoms with Gasteiger partial charge in [-0.15, -0.1) is 0 Å². The van der Waals surface area contributed by atoms with Crippen molar-refractivity contribution < 1.29 is 9.18 Å². The second-order valence-corrected chi connectivity index (χ2v) is 7.40. The van der Waals surface area contributed by atoms with Crippen molar-refractivity contribution in [1.29, 1.82) is 0 Å². The number of rotatable bonds is 4. The molecule has 0 radical (unpaired) electrons. The quantitative estimate of drug-likeness (QED) is 0.663. The van der Waals surface area contributed by atoms with Gasteiger partial charge in [-0.3, -0.25) is 14.2 Å². The van der Waals surface area contributed by atoms with E-state index in [1.165, 1.54) is 24.3 Å². The smallest absolute Gasteiger partial charge is 0.337 e. The molecule has 1 aliphatic rings. The SMILES string of the molecule is Cc1ccc(-n2nc(C(=O)N3CCCC3)c(=O)n(Cc3ccc(F)cc3)c2=O)cc1. The number of hydrogen-bond donors (Lipinski definition) is 0. The van der Waals surface area contributed by atoms with Gasteiger partial charge in [-0.05, 0) is 49.6 Å². The standard InChI is InChI=1S/C22H21FN4O3/c1-15-4-10-18(11-5-15)27-22(30)26(14-16-6-8-17(23)9-7-16)21(29)19(24-27)20(28)25-12-2-3-13-25/h4-11H,2-3,12-14H2,1H3. The molecular weight excluding hydrogens is 387 g/mol. The first kappa shape index (κ1) is 19.8. The number of carbonyl (C=O) groups excluding carboxylic acids is 1. The molecule has 0 aliphatic carbocycles. The second-order valence-electron chi connectivity index (χ2n) is 7.40. The van der Waals surface area contributed by atoms with E-state index in [2.05, 4.69) is 5.10 Å². The first-order valence-corrected chi connectivity index (χ1v) is 9.79. The zero-order chi connectivity index (χ0) is 21.3. The Morgan fingerprint density at radius 3 is 2.27 bits per heavy atom. The Morgan fingerprint density at radius 1 is 1.00 bits per heavy atom. The van der Waals surface area contributed by atoms with E-state index in [1.807, 2.05) is 19.1 Å². The summed E-state index contributed by atoms with van der Waals surface area (Å²) in [5, 5.41) is 4.15. The van der Waals surface area contributed by atoms with Crippen LogP contribution in [0.5, 0.6) is 0 Å². The van der Waals surface area contributed by atoms with E-state index in [1.54, 1.807) is 17.0 Å². The predicted molar refractivity (Wildman–Crippen MR) is 109 cm³/mol. The van der Waals surface area contributed by atoms with Crippen LogP contribution in [0.1, 0.15) is 34.5 Å². The van der Waals surface area contributed by atoms with Crippen LogP contribution in [0.25, 0.3) is 5.69 Å². The Hall–Kier alpha value is -3.55. The topological polar surface area (TPSA) is 77.2 Å². The number of likely N-dealkylation sites (tertiary alicyclic amines) is 1. The molecule has 1 amide bonds. The Morgan fingerprint density at radius 2 is 1.63 bits per heavy atom. The molecule has 0 spiro atoms. The average Bonchev–Trinajstić information content (AvgIpc) is 3.28. The molecule has 7 nitrogen and oxygen atoms in total. The van der Waals surface area contributed by atoms with Gasteiger partial charge in [0.25, 0.3) is 11.5 Å². The number of aryl methyl sites for hydroxylation is 1. The van der Waals surface area contributed by atoms with Crippen LogP contribution < -0.4 is 11.2 Å². The summed E-state index contributed by atoms with van der Waals surface area (Å²) >= 11 is 0. The summed E-state index contributed by atoms with van der Waals surface area (Å²) in [5.41, 5.74) is 0.320. The number of amides is 1. The van der Waals surface area contributed by atoms with Crippen molar-refractivity contribution in [3.63, 3.8) is 0 Å². The first-order valence-electron chi connectivity index (χ1n) is 9.79. The molecule has 0 bridgehead atoms. The highest BCUT2D eigenvalue weighted by molar-refractivity contribution is 5.92. The van der Waals surface area contributed by atoms with Crippen LogP contribution in [0, 0.1) is 12.7 Å². The number of aromatic nitrogens is 3. The van der Waals surface area contributed by atoms with Crippen LogP contribution in [0.2, 0.25) is 0 Å². The van der Waals surface area contributed by atoms with E-state index >= 15 is 0 Å². The summed E-state index contributed by atoms with van der Waals surface area (Å²) in [5.74, 6) is -0.894. The molecular formula is C22H21FN4O3. The number of carbonyl (C=O) groups is 1. The zero-order valence-corrected chi connectivity index (χ0v) is 16.5. The average molecular weight is 408 g/mol. The molecule has 1 fully saturated rings. The lowest BCUT2D eigenvalue weighted by Gasteiger charge is -2.16. The van der Waals surface area contributed by atoms with Gasteiger partial charge in [-0.25, -0.2) is 9.18 Å². The molecule has 1 aliphatic heterocycles. The van der Waals surface area contributed by atoms with E-state index in [-0.39, 0.29) is 12.2 Å². The van der Waals surface area contributed by atoms with Crippen LogP contribution in [0.15, 0.2) is 58.1 Å². The molecule has 2 aromatic carbocycles. The van der Waals surface area contributed by atoms with Crippen molar-refractivity contribution in [2.45, 2.75) is 26.3 Å². The molecule has 0 N–H and O–H groups in total. The van der Waals surface area contributed by atoms with Crippen LogP contribution >= 0.6 is 0 Å². The Balaban J connectivity index is 1.87. The summed E-state index contributed by atoms with van der Waals surface area (Å²) in [6.45, 7) is 2.94. The molecule has 0 atom stereocenters. The number of halogens is 1. The Bertz CT molecular complexity index is 1190. The lowest BCUT2D eigenvalue weighted by atomic mass is 10.2. The van der Waals surface area contributed by atoms with E-state index in [9.17, 15) is 18.8 Å². The van der Waals surface area contributed by atoms with Crippen molar-refractivity contribution in [2.24, 2.45) is 0 Å². The molecule has 0 saturated carbocycles. The van der Waals surface area contributed by atoms with Gasteiger partial charge in [0, 0.05) is 13.1 Å². The van der Waals surface area contributed by atoms with Gasteiger partial charge in [0.15, 0.2) is 0 Å². The zero-order valence-electron chi connectivity index (χ0n) is 16.5. The van der Waals surface area contributed by atoms with Crippen molar-refractivity contribution >= 4 is 5.91 Å². The predicted octanol–water partition coefficient (Wildman–Crippen LogP) is 2.13. The maximum absolute atomic E-state index is 13.3. The van der Waals surface area contributed by atoms with Gasteiger partial charge in [0.05, 0.1) is 12.2 Å². The van der Waals surface area contributed by atoms with E-state index in [4.69, 9.17) is 0 Å². The molecule has 2 heterocycles. The van der Waals surface area contributed by atoms with Crippen LogP contribution in [-0.2, 0) is 6.54 Å². The minimum Gasteiger partial charge on any atom is -0.337 e. The maximum Gasteiger partial charge on any atom is 0.352 e. The molecule has 154 valence electrons. The monoisotopic (exact) mass is 408 g/mol. The summed E-state index contributed by atoms with van der Waals surface area (Å²) in [4.78, 5) is 40.7. The lowest BCUT2D eigenvalue weighted by molar-refractivity contribution is 0.0781. The fourth-order valence-corrected chi connectivity index (χ4v) is 3.48. The van der Waals surface area contributed by atoms with Crippen LogP contribution in [0.4, 0.5) is 4.39 Å². The van der Waals surface area contributed by atoms with Crippen LogP contribution in [-0.4, -0.2) is 38.2 Å². The van der Waals surface area contributed by atoms with Crippen molar-refractivity contribution in [3.05, 3.63) is 92.0 Å². The molecule has 8 heteroatoms. The molecule has 0 unspecified atom stereocenters. The van der Waals surface area contributed by atoms with Gasteiger partial charge in [-0.2, -0.15) is 9.78 Å². The highest BCUT2D eigenvalue weighted by Gasteiger charge is 2.26. The van der Waals surface area contributed by atoms with Gasteiger partial charge in [0.1, 0.15) is 5.82 Å². The molecule has 30 heavy (non-hydrogen) atoms. The molecule has 4 rings (SSSR count). The normalized spacial score (nSPS) is 13.6. The third-order valence-corrected chi connectivity index (χ3v) is 5.19. The summed E-state index contributed by atoms with van der Waals surface area (Å²) in [7, 11) is 0. The third-order valence-electron chi connectivity index (χ3n) is 5.19. The van der Waals surface area contributed by atoms with E-state index in [0.717, 1.165) is 27.7 Å². The summed E-state index contributed by atoms with van der Waals surface area (Å²) in [6, 6.07) is 12.6. The van der Waals surface area contributed by atoms with Crippen LogP contribution in [0.3, 0.4) is 0 Å². The molecule has 3 aromatic rings. The summed E-state index contributed by atoms with van der Waals surface area (Å²) in [6.07, 6.45) is 1.74. The summed E-state index contributed by atoms with van der Waals surface area (Å²) < 4.78 is 15.3. The fourth-order valence-electron chi connectivity index (χ4n) is 3.48. The third kappa shape index (κ3) is 3.80. The minimum atomic E-state index is -0.746. The van der Waals surface area contributed by atoms with Gasteiger partial charge >= 0.3 is 5.69 Å². The Labute approximate surface area is 172 Å². The van der Waals surface area contributed by atoms with Gasteiger partial charge < -0.3 is 4.90 Å². The highest BCUT2D eigenvalue weighted by Crippen LogP contribution is 2.11. The highest BCUT2D eigenvalue weighted by atomic mass is 19.1. The van der Waals surface area contributed by atoms with Crippen molar-refractivity contribution in [3.8, 4) is 5.69 Å². The largest absolute Gasteiger partial charge is 0.352 e. The van der Waals surface area contributed by atoms with Crippen molar-refractivity contribution in [2.75, 3.05) is 13.1 Å². The minimum absolute atomic E-state index is 0.0907. The van der Waals surface area contributed by atoms with Gasteiger partial charge in [0.2, 0.25) is 5.69 Å². The number of benzene rings is 2. The lowest BCUT2D eigenvalue weighted by Crippen LogP contribution is -2.46. The van der Waals surface area contributed by atoms with Crippen molar-refractivity contribution in [1.82, 2.24) is 19.2 Å². The fraction of sp³-hybridized carbons (Fsp3) is 0.273. The first-order chi connectivity index (χ1) is 14.4. The number of hydrogen-bond acceptors (Lipinski definition) is 4. The molecule has 1 saturated heterocycles. The Kier molecular flexibility index (Phi) is 5.31. The van der Waals surface area contributed by atoms with Gasteiger partial charge in [-0.1, -0.05) is 29.8 Å². The number of nitrogens with zero attached hydrogens (tertiary/aromatic N) is 4.